The van der Waals surface area contributed by atoms with E-state index < -0.39 is 17.9 Å². The summed E-state index contributed by atoms with van der Waals surface area (Å²) < 4.78 is 38.1. The van der Waals surface area contributed by atoms with Crippen molar-refractivity contribution >= 4 is 0 Å². The molecule has 2 fully saturated rings. The molecule has 0 bridgehead atoms. The molecule has 4 heteroatoms. The predicted octanol–water partition coefficient (Wildman–Crippen LogP) is 6.40. The van der Waals surface area contributed by atoms with Gasteiger partial charge < -0.3 is 9.47 Å². The Kier molecular flexibility index (Phi) is 7.44. The maximum absolute atomic E-state index is 13.4. The molecule has 1 aromatic carbocycles. The molecule has 1 heterocycles. The summed E-state index contributed by atoms with van der Waals surface area (Å²) in [4.78, 5) is 0. The second kappa shape index (κ2) is 9.80. The smallest absolute Gasteiger partial charge is 0.183 e. The number of hydrogen-bond donors (Lipinski definition) is 0. The number of halogens is 2. The number of hydrogen-bond acceptors (Lipinski definition) is 2. The van der Waals surface area contributed by atoms with Gasteiger partial charge in [0.15, 0.2) is 17.9 Å². The molecule has 3 rings (SSSR count). The molecule has 1 aliphatic heterocycles. The lowest BCUT2D eigenvalue weighted by Crippen LogP contribution is -2.34. The summed E-state index contributed by atoms with van der Waals surface area (Å²) in [6.07, 6.45) is 11.5. The lowest BCUT2D eigenvalue weighted by atomic mass is 9.74. The maximum Gasteiger partial charge on any atom is 0.183 e. The highest BCUT2D eigenvalue weighted by Crippen LogP contribution is 2.38. The van der Waals surface area contributed by atoms with Crippen LogP contribution in [-0.4, -0.2) is 13.2 Å². The zero-order valence-corrected chi connectivity index (χ0v) is 15.9. The normalized spacial score (nSPS) is 29.7. The molecular weight excluding hydrogens is 334 g/mol. The Balaban J connectivity index is 1.39. The minimum atomic E-state index is -0.853. The minimum absolute atomic E-state index is 0.428. The average Bonchev–Trinajstić information content (AvgIpc) is 2.68. The van der Waals surface area contributed by atoms with Crippen molar-refractivity contribution in [2.75, 3.05) is 13.2 Å². The molecule has 1 aliphatic carbocycles. The molecule has 1 saturated heterocycles. The van der Waals surface area contributed by atoms with Crippen molar-refractivity contribution in [1.82, 2.24) is 0 Å². The van der Waals surface area contributed by atoms with E-state index in [4.69, 9.17) is 9.47 Å². The molecule has 0 atom stereocenters. The van der Waals surface area contributed by atoms with Gasteiger partial charge in [0.1, 0.15) is 0 Å². The van der Waals surface area contributed by atoms with Crippen LogP contribution in [0.15, 0.2) is 18.2 Å². The highest BCUT2D eigenvalue weighted by atomic mass is 19.2. The van der Waals surface area contributed by atoms with E-state index in [2.05, 4.69) is 6.92 Å². The van der Waals surface area contributed by atoms with Gasteiger partial charge in [0.25, 0.3) is 0 Å². The zero-order valence-electron chi connectivity index (χ0n) is 15.9. The molecule has 0 spiro atoms. The second-order valence-electron chi connectivity index (χ2n) is 8.06. The first-order valence-corrected chi connectivity index (χ1v) is 10.4. The number of unbranched alkanes of at least 4 members (excludes halogenated alkanes) is 3. The Bertz CT molecular complexity index is 547. The Hall–Kier alpha value is -1.00. The van der Waals surface area contributed by atoms with Crippen molar-refractivity contribution in [2.24, 2.45) is 17.8 Å². The first-order valence-electron chi connectivity index (χ1n) is 10.4. The fourth-order valence-electron chi connectivity index (χ4n) is 4.45. The lowest BCUT2D eigenvalue weighted by molar-refractivity contribution is -0.214. The molecule has 0 N–H and O–H groups in total. The Morgan fingerprint density at radius 3 is 2.27 bits per heavy atom. The molecule has 2 nitrogen and oxygen atoms in total. The fraction of sp³-hybridized carbons (Fsp3) is 0.727. The predicted molar refractivity (Wildman–Crippen MR) is 98.7 cm³/mol. The number of ether oxygens (including phenoxy) is 2. The fourth-order valence-corrected chi connectivity index (χ4v) is 4.45. The average molecular weight is 366 g/mol. The molecule has 0 amide bonds. The first-order chi connectivity index (χ1) is 12.7. The largest absolute Gasteiger partial charge is 0.348 e. The van der Waals surface area contributed by atoms with Crippen LogP contribution < -0.4 is 0 Å². The van der Waals surface area contributed by atoms with E-state index in [1.807, 2.05) is 0 Å². The molecule has 0 unspecified atom stereocenters. The van der Waals surface area contributed by atoms with Gasteiger partial charge in [-0.1, -0.05) is 57.9 Å². The SMILES string of the molecule is CCCCCCC1CCC(C2COC(c3ccc(F)c(F)c3)OC2)CC1. The number of rotatable bonds is 7. The van der Waals surface area contributed by atoms with Gasteiger partial charge in [-0.2, -0.15) is 0 Å². The summed E-state index contributed by atoms with van der Waals surface area (Å²) in [6.45, 7) is 3.56. The third kappa shape index (κ3) is 5.26. The molecule has 2 aliphatic rings. The third-order valence-electron chi connectivity index (χ3n) is 6.16. The van der Waals surface area contributed by atoms with E-state index in [-0.39, 0.29) is 0 Å². The number of benzene rings is 1. The van der Waals surface area contributed by atoms with Crippen LogP contribution >= 0.6 is 0 Å². The second-order valence-corrected chi connectivity index (χ2v) is 8.06. The standard InChI is InChI=1S/C22H32F2O2/c1-2-3-4-5-6-16-7-9-17(10-8-16)19-14-25-22(26-15-19)18-11-12-20(23)21(24)13-18/h11-13,16-17,19,22H,2-10,14-15H2,1H3. The van der Waals surface area contributed by atoms with Gasteiger partial charge in [0, 0.05) is 11.5 Å². The van der Waals surface area contributed by atoms with Crippen molar-refractivity contribution in [3.05, 3.63) is 35.4 Å². The Morgan fingerprint density at radius 2 is 1.62 bits per heavy atom. The maximum atomic E-state index is 13.4. The van der Waals surface area contributed by atoms with E-state index in [1.54, 1.807) is 0 Å². The first kappa shape index (κ1) is 19.8. The van der Waals surface area contributed by atoms with E-state index in [1.165, 1.54) is 69.9 Å². The van der Waals surface area contributed by atoms with Gasteiger partial charge in [-0.3, -0.25) is 0 Å². The van der Waals surface area contributed by atoms with Crippen LogP contribution in [0.2, 0.25) is 0 Å². The van der Waals surface area contributed by atoms with Crippen LogP contribution in [0.25, 0.3) is 0 Å². The highest BCUT2D eigenvalue weighted by molar-refractivity contribution is 5.19. The molecule has 1 aromatic rings. The van der Waals surface area contributed by atoms with Gasteiger partial charge in [-0.05, 0) is 36.8 Å². The lowest BCUT2D eigenvalue weighted by Gasteiger charge is -2.38. The molecule has 0 aromatic heterocycles. The van der Waals surface area contributed by atoms with Crippen LogP contribution in [0.5, 0.6) is 0 Å². The quantitative estimate of drug-likeness (QED) is 0.520. The molecule has 26 heavy (non-hydrogen) atoms. The van der Waals surface area contributed by atoms with Crippen molar-refractivity contribution in [2.45, 2.75) is 71.0 Å². The van der Waals surface area contributed by atoms with Crippen molar-refractivity contribution in [1.29, 1.82) is 0 Å². The summed E-state index contributed by atoms with van der Waals surface area (Å²) >= 11 is 0. The summed E-state index contributed by atoms with van der Waals surface area (Å²) in [5, 5.41) is 0. The van der Waals surface area contributed by atoms with E-state index in [0.29, 0.717) is 30.6 Å². The van der Waals surface area contributed by atoms with E-state index in [0.717, 1.165) is 12.0 Å². The highest BCUT2D eigenvalue weighted by Gasteiger charge is 2.32. The van der Waals surface area contributed by atoms with E-state index >= 15 is 0 Å². The van der Waals surface area contributed by atoms with Gasteiger partial charge in [-0.25, -0.2) is 8.78 Å². The van der Waals surface area contributed by atoms with Crippen molar-refractivity contribution in [3.8, 4) is 0 Å². The molecule has 146 valence electrons. The van der Waals surface area contributed by atoms with Gasteiger partial charge in [0.2, 0.25) is 0 Å². The summed E-state index contributed by atoms with van der Waals surface area (Å²) in [5.41, 5.74) is 0.554. The topological polar surface area (TPSA) is 18.5 Å². The third-order valence-corrected chi connectivity index (χ3v) is 6.16. The van der Waals surface area contributed by atoms with Crippen LogP contribution in [0, 0.1) is 29.4 Å². The monoisotopic (exact) mass is 366 g/mol. The van der Waals surface area contributed by atoms with E-state index in [9.17, 15) is 8.78 Å². The van der Waals surface area contributed by atoms with Crippen molar-refractivity contribution in [3.63, 3.8) is 0 Å². The van der Waals surface area contributed by atoms with Gasteiger partial charge in [-0.15, -0.1) is 0 Å². The van der Waals surface area contributed by atoms with Crippen molar-refractivity contribution < 1.29 is 18.3 Å². The summed E-state index contributed by atoms with van der Waals surface area (Å²) in [5.74, 6) is 0.317. The van der Waals surface area contributed by atoms with Crippen LogP contribution in [-0.2, 0) is 9.47 Å². The molecule has 0 radical (unpaired) electrons. The minimum Gasteiger partial charge on any atom is -0.348 e. The summed E-state index contributed by atoms with van der Waals surface area (Å²) in [6, 6.07) is 3.84. The Morgan fingerprint density at radius 1 is 0.885 bits per heavy atom. The van der Waals surface area contributed by atoms with Crippen LogP contribution in [0.3, 0.4) is 0 Å². The van der Waals surface area contributed by atoms with Gasteiger partial charge >= 0.3 is 0 Å². The van der Waals surface area contributed by atoms with Crippen LogP contribution in [0.1, 0.15) is 76.6 Å². The molecule has 1 saturated carbocycles. The Labute approximate surface area is 156 Å². The summed E-state index contributed by atoms with van der Waals surface area (Å²) in [7, 11) is 0. The zero-order chi connectivity index (χ0) is 18.4. The van der Waals surface area contributed by atoms with Crippen LogP contribution in [0.4, 0.5) is 8.78 Å². The van der Waals surface area contributed by atoms with Gasteiger partial charge in [0.05, 0.1) is 13.2 Å². The molecular formula is C22H32F2O2.